The van der Waals surface area contributed by atoms with Crippen LogP contribution in [0.5, 0.6) is 0 Å². The molecule has 0 fully saturated rings. The van der Waals surface area contributed by atoms with Gasteiger partial charge in [0.05, 0.1) is 17.4 Å². The molecule has 0 spiro atoms. The molecule has 7 nitrogen and oxygen atoms in total. The molecule has 0 bridgehead atoms. The van der Waals surface area contributed by atoms with E-state index in [1.165, 1.54) is 0 Å². The van der Waals surface area contributed by atoms with Gasteiger partial charge in [-0.1, -0.05) is 23.7 Å². The summed E-state index contributed by atoms with van der Waals surface area (Å²) in [5.74, 6) is 0.439. The van der Waals surface area contributed by atoms with Gasteiger partial charge in [-0.2, -0.15) is 0 Å². The van der Waals surface area contributed by atoms with Crippen LogP contribution >= 0.6 is 11.6 Å². The molecule has 28 heavy (non-hydrogen) atoms. The van der Waals surface area contributed by atoms with Gasteiger partial charge < -0.3 is 20.1 Å². The van der Waals surface area contributed by atoms with Gasteiger partial charge >= 0.3 is 6.03 Å². The number of aromatic nitrogens is 2. The monoisotopic (exact) mass is 399 g/mol. The van der Waals surface area contributed by atoms with Crippen molar-refractivity contribution < 1.29 is 4.79 Å². The van der Waals surface area contributed by atoms with E-state index in [0.29, 0.717) is 40.5 Å². The molecule has 1 aromatic heterocycles. The van der Waals surface area contributed by atoms with Crippen molar-refractivity contribution in [3.63, 3.8) is 0 Å². The number of aromatic amines is 1. The number of nitrogens with zero attached hydrogens (tertiary/aromatic N) is 3. The van der Waals surface area contributed by atoms with Gasteiger partial charge in [-0.15, -0.1) is 0 Å². The Morgan fingerprint density at radius 3 is 2.54 bits per heavy atom. The van der Waals surface area contributed by atoms with Gasteiger partial charge in [-0.25, -0.2) is 9.78 Å². The van der Waals surface area contributed by atoms with E-state index in [2.05, 4.69) is 15.3 Å². The highest BCUT2D eigenvalue weighted by atomic mass is 35.5. The molecule has 0 atom stereocenters. The number of carbonyl (C=O) groups is 1. The zero-order valence-electron chi connectivity index (χ0n) is 15.8. The Morgan fingerprint density at radius 2 is 1.82 bits per heavy atom. The third-order valence-corrected chi connectivity index (χ3v) is 4.45. The smallest absolute Gasteiger partial charge is 0.316 e. The summed E-state index contributed by atoms with van der Waals surface area (Å²) in [4.78, 5) is 36.0. The van der Waals surface area contributed by atoms with E-state index in [9.17, 15) is 9.59 Å². The Kier molecular flexibility index (Phi) is 6.28. The third kappa shape index (κ3) is 5.09. The molecule has 146 valence electrons. The third-order valence-electron chi connectivity index (χ3n) is 4.20. The highest BCUT2D eigenvalue weighted by Gasteiger charge is 2.16. The molecule has 0 radical (unpaired) electrons. The summed E-state index contributed by atoms with van der Waals surface area (Å²) in [5.41, 5.74) is 1.03. The number of fused-ring (bicyclic) bond motifs is 1. The minimum Gasteiger partial charge on any atom is -0.316 e. The lowest BCUT2D eigenvalue weighted by Crippen LogP contribution is -2.39. The van der Waals surface area contributed by atoms with Crippen LogP contribution in [0.1, 0.15) is 5.82 Å². The number of para-hydroxylation sites is 1. The number of hydrogen-bond acceptors (Lipinski definition) is 4. The van der Waals surface area contributed by atoms with Crippen LogP contribution in [-0.2, 0) is 6.54 Å². The Bertz CT molecular complexity index is 1020. The van der Waals surface area contributed by atoms with Crippen molar-refractivity contribution in [2.24, 2.45) is 0 Å². The first-order chi connectivity index (χ1) is 13.4. The molecule has 0 unspecified atom stereocenters. The minimum absolute atomic E-state index is 0.188. The Labute approximate surface area is 167 Å². The van der Waals surface area contributed by atoms with Crippen LogP contribution < -0.4 is 10.9 Å². The number of nitrogens with one attached hydrogen (secondary N) is 2. The minimum atomic E-state index is -0.278. The number of benzene rings is 2. The molecule has 8 heteroatoms. The summed E-state index contributed by atoms with van der Waals surface area (Å²) < 4.78 is 0. The highest BCUT2D eigenvalue weighted by molar-refractivity contribution is 6.30. The molecule has 2 aromatic carbocycles. The van der Waals surface area contributed by atoms with Gasteiger partial charge in [0.25, 0.3) is 5.56 Å². The van der Waals surface area contributed by atoms with Gasteiger partial charge in [0.15, 0.2) is 0 Å². The van der Waals surface area contributed by atoms with Crippen molar-refractivity contribution in [3.8, 4) is 0 Å². The fourth-order valence-corrected chi connectivity index (χ4v) is 2.83. The topological polar surface area (TPSA) is 81.3 Å². The van der Waals surface area contributed by atoms with Crippen LogP contribution in [0.2, 0.25) is 5.02 Å². The summed E-state index contributed by atoms with van der Waals surface area (Å²) in [5, 5.41) is 3.98. The van der Waals surface area contributed by atoms with Crippen molar-refractivity contribution in [2.75, 3.05) is 32.5 Å². The lowest BCUT2D eigenvalue weighted by atomic mass is 10.2. The summed E-state index contributed by atoms with van der Waals surface area (Å²) in [6, 6.07) is 13.7. The van der Waals surface area contributed by atoms with Crippen LogP contribution in [0.4, 0.5) is 10.5 Å². The molecule has 3 rings (SSSR count). The van der Waals surface area contributed by atoms with Crippen LogP contribution in [0.15, 0.2) is 53.3 Å². The van der Waals surface area contributed by atoms with E-state index < -0.39 is 0 Å². The van der Waals surface area contributed by atoms with Crippen LogP contribution in [0.25, 0.3) is 10.9 Å². The molecule has 2 amide bonds. The largest absolute Gasteiger partial charge is 0.322 e. The fraction of sp³-hybridized carbons (Fsp3) is 0.250. The fourth-order valence-electron chi connectivity index (χ4n) is 2.70. The zero-order valence-corrected chi connectivity index (χ0v) is 16.5. The van der Waals surface area contributed by atoms with Gasteiger partial charge in [0, 0.05) is 23.8 Å². The summed E-state index contributed by atoms with van der Waals surface area (Å²) >= 11 is 5.89. The van der Waals surface area contributed by atoms with Gasteiger partial charge in [0.2, 0.25) is 0 Å². The van der Waals surface area contributed by atoms with E-state index in [-0.39, 0.29) is 18.1 Å². The number of H-pyrrole nitrogens is 1. The van der Waals surface area contributed by atoms with Crippen molar-refractivity contribution in [3.05, 3.63) is 69.7 Å². The van der Waals surface area contributed by atoms with Crippen molar-refractivity contribution >= 4 is 34.2 Å². The summed E-state index contributed by atoms with van der Waals surface area (Å²) in [6.07, 6.45) is 0. The number of urea groups is 1. The van der Waals surface area contributed by atoms with Gasteiger partial charge in [-0.05, 0) is 50.5 Å². The maximum atomic E-state index is 12.8. The van der Waals surface area contributed by atoms with E-state index in [4.69, 9.17) is 11.6 Å². The van der Waals surface area contributed by atoms with Crippen LogP contribution in [0, 0.1) is 0 Å². The number of halogens is 1. The number of hydrogen-bond donors (Lipinski definition) is 2. The van der Waals surface area contributed by atoms with E-state index in [0.717, 1.165) is 0 Å². The molecular weight excluding hydrogens is 378 g/mol. The molecular formula is C20H22ClN5O2. The average molecular weight is 400 g/mol. The average Bonchev–Trinajstić information content (AvgIpc) is 2.66. The molecule has 0 aliphatic rings. The Balaban J connectivity index is 1.82. The zero-order chi connectivity index (χ0) is 20.1. The highest BCUT2D eigenvalue weighted by Crippen LogP contribution is 2.14. The molecule has 2 N–H and O–H groups in total. The second kappa shape index (κ2) is 8.86. The summed E-state index contributed by atoms with van der Waals surface area (Å²) in [6.45, 7) is 1.34. The predicted molar refractivity (Wildman–Crippen MR) is 112 cm³/mol. The first-order valence-electron chi connectivity index (χ1n) is 8.86. The van der Waals surface area contributed by atoms with Crippen molar-refractivity contribution in [1.29, 1.82) is 0 Å². The number of anilines is 1. The number of carbonyl (C=O) groups excluding carboxylic acids is 1. The Morgan fingerprint density at radius 1 is 1.11 bits per heavy atom. The van der Waals surface area contributed by atoms with Gasteiger partial charge in [-0.3, -0.25) is 4.79 Å². The molecule has 3 aromatic rings. The standard InChI is InChI=1S/C20H22ClN5O2/c1-25(2)11-12-26(20(28)22-15-9-7-14(21)8-10-15)13-18-23-17-6-4-3-5-16(17)19(27)24-18/h3-10H,11-13H2,1-2H3,(H,22,28)(H,23,24,27). The Hall–Kier alpha value is -2.90. The lowest BCUT2D eigenvalue weighted by molar-refractivity contribution is 0.200. The second-order valence-electron chi connectivity index (χ2n) is 6.69. The number of rotatable bonds is 6. The van der Waals surface area contributed by atoms with Crippen LogP contribution in [-0.4, -0.2) is 53.0 Å². The molecule has 0 saturated carbocycles. The lowest BCUT2D eigenvalue weighted by Gasteiger charge is -2.24. The normalized spacial score (nSPS) is 11.0. The predicted octanol–water partition coefficient (Wildman–Crippen LogP) is 3.17. The number of amides is 2. The molecule has 0 aliphatic carbocycles. The quantitative estimate of drug-likeness (QED) is 0.667. The molecule has 0 aliphatic heterocycles. The summed E-state index contributed by atoms with van der Waals surface area (Å²) in [7, 11) is 3.87. The first-order valence-corrected chi connectivity index (χ1v) is 9.24. The van der Waals surface area contributed by atoms with E-state index in [1.54, 1.807) is 47.4 Å². The van der Waals surface area contributed by atoms with Crippen LogP contribution in [0.3, 0.4) is 0 Å². The maximum Gasteiger partial charge on any atom is 0.322 e. The van der Waals surface area contributed by atoms with Crippen molar-refractivity contribution in [1.82, 2.24) is 19.8 Å². The van der Waals surface area contributed by atoms with Gasteiger partial charge in [0.1, 0.15) is 5.82 Å². The SMILES string of the molecule is CN(C)CCN(Cc1nc2ccccc2c(=O)[nH]1)C(=O)Nc1ccc(Cl)cc1. The van der Waals surface area contributed by atoms with E-state index >= 15 is 0 Å². The maximum absolute atomic E-state index is 12.8. The van der Waals surface area contributed by atoms with E-state index in [1.807, 2.05) is 25.1 Å². The molecule has 1 heterocycles. The molecule has 0 saturated heterocycles. The van der Waals surface area contributed by atoms with Crippen molar-refractivity contribution in [2.45, 2.75) is 6.54 Å². The first kappa shape index (κ1) is 19.9. The number of likely N-dealkylation sites (N-methyl/N-ethyl adjacent to an activating group) is 1. The second-order valence-corrected chi connectivity index (χ2v) is 7.13.